The van der Waals surface area contributed by atoms with Crippen LogP contribution in [0.3, 0.4) is 0 Å². The summed E-state index contributed by atoms with van der Waals surface area (Å²) in [5.41, 5.74) is 3.68. The number of hydrogen-bond acceptors (Lipinski definition) is 5. The first-order valence-electron chi connectivity index (χ1n) is 5.87. The summed E-state index contributed by atoms with van der Waals surface area (Å²) in [6.07, 6.45) is 4.88. The molecule has 2 unspecified atom stereocenters. The van der Waals surface area contributed by atoms with Gasteiger partial charge in [-0.15, -0.1) is 0 Å². The van der Waals surface area contributed by atoms with Crippen LogP contribution >= 0.6 is 0 Å². The summed E-state index contributed by atoms with van der Waals surface area (Å²) in [4.78, 5) is 8.40. The van der Waals surface area contributed by atoms with Crippen molar-refractivity contribution in [2.75, 3.05) is 10.7 Å². The first kappa shape index (κ1) is 11.1. The highest BCUT2D eigenvalue weighted by atomic mass is 15.3. The van der Waals surface area contributed by atoms with E-state index < -0.39 is 0 Å². The van der Waals surface area contributed by atoms with Crippen molar-refractivity contribution in [3.8, 4) is 0 Å². The van der Waals surface area contributed by atoms with Crippen LogP contribution in [0.2, 0.25) is 0 Å². The van der Waals surface area contributed by atoms with Crippen LogP contribution in [0, 0.1) is 5.92 Å². The largest absolute Gasteiger partial charge is 0.367 e. The minimum Gasteiger partial charge on any atom is -0.367 e. The maximum absolute atomic E-state index is 5.43. The van der Waals surface area contributed by atoms with Gasteiger partial charge in [0.2, 0.25) is 0 Å². The second-order valence-corrected chi connectivity index (χ2v) is 4.20. The molecule has 1 aromatic rings. The maximum Gasteiger partial charge on any atom is 0.148 e. The molecule has 5 nitrogen and oxygen atoms in total. The van der Waals surface area contributed by atoms with E-state index in [-0.39, 0.29) is 0 Å². The third kappa shape index (κ3) is 2.09. The van der Waals surface area contributed by atoms with Crippen LogP contribution in [-0.4, -0.2) is 16.0 Å². The predicted octanol–water partition coefficient (Wildman–Crippen LogP) is 1.53. The van der Waals surface area contributed by atoms with Gasteiger partial charge in [0.15, 0.2) is 0 Å². The lowest BCUT2D eigenvalue weighted by atomic mass is 10.2. The average molecular weight is 221 g/mol. The molecule has 5 heteroatoms. The number of hydrazine groups is 1. The summed E-state index contributed by atoms with van der Waals surface area (Å²) in [7, 11) is 0. The Hall–Kier alpha value is -1.36. The Kier molecular flexibility index (Phi) is 3.24. The van der Waals surface area contributed by atoms with E-state index in [9.17, 15) is 0 Å². The van der Waals surface area contributed by atoms with E-state index in [4.69, 9.17) is 5.84 Å². The van der Waals surface area contributed by atoms with Gasteiger partial charge < -0.3 is 10.7 Å². The van der Waals surface area contributed by atoms with Gasteiger partial charge in [0.25, 0.3) is 0 Å². The third-order valence-electron chi connectivity index (χ3n) is 3.20. The SMILES string of the molecule is CCc1c(NN)ncnc1NC1CC1CC. The molecule has 1 aliphatic carbocycles. The van der Waals surface area contributed by atoms with E-state index in [1.54, 1.807) is 6.33 Å². The van der Waals surface area contributed by atoms with Crippen molar-refractivity contribution in [1.29, 1.82) is 0 Å². The lowest BCUT2D eigenvalue weighted by Crippen LogP contribution is -2.15. The first-order valence-corrected chi connectivity index (χ1v) is 5.87. The van der Waals surface area contributed by atoms with Gasteiger partial charge in [-0.1, -0.05) is 20.3 Å². The van der Waals surface area contributed by atoms with E-state index in [0.717, 1.165) is 23.7 Å². The molecular formula is C11H19N5. The second kappa shape index (κ2) is 4.65. The van der Waals surface area contributed by atoms with Gasteiger partial charge in [0.1, 0.15) is 18.0 Å². The highest BCUT2D eigenvalue weighted by Crippen LogP contribution is 2.36. The summed E-state index contributed by atoms with van der Waals surface area (Å²) < 4.78 is 0. The standard InChI is InChI=1S/C11H19N5/c1-3-7-5-9(7)15-10-8(4-2)11(16-12)14-6-13-10/h6-7,9H,3-5,12H2,1-2H3,(H2,13,14,15,16). The van der Waals surface area contributed by atoms with Crippen molar-refractivity contribution in [2.45, 2.75) is 39.2 Å². The fourth-order valence-corrected chi connectivity index (χ4v) is 2.05. The quantitative estimate of drug-likeness (QED) is 0.519. The lowest BCUT2D eigenvalue weighted by Gasteiger charge is -2.12. The molecule has 1 fully saturated rings. The van der Waals surface area contributed by atoms with E-state index in [2.05, 4.69) is 34.6 Å². The smallest absolute Gasteiger partial charge is 0.148 e. The molecule has 0 bridgehead atoms. The van der Waals surface area contributed by atoms with Crippen molar-refractivity contribution < 1.29 is 0 Å². The zero-order chi connectivity index (χ0) is 11.5. The summed E-state index contributed by atoms with van der Waals surface area (Å²) in [6.45, 7) is 4.30. The molecule has 2 rings (SSSR count). The van der Waals surface area contributed by atoms with Crippen LogP contribution in [0.25, 0.3) is 0 Å². The Morgan fingerprint density at radius 2 is 2.12 bits per heavy atom. The van der Waals surface area contributed by atoms with Gasteiger partial charge in [0, 0.05) is 11.6 Å². The van der Waals surface area contributed by atoms with E-state index in [1.807, 2.05) is 0 Å². The third-order valence-corrected chi connectivity index (χ3v) is 3.20. The molecular weight excluding hydrogens is 202 g/mol. The predicted molar refractivity (Wildman–Crippen MR) is 65.0 cm³/mol. The number of aromatic nitrogens is 2. The summed E-state index contributed by atoms with van der Waals surface area (Å²) in [5, 5.41) is 3.46. The molecule has 2 atom stereocenters. The van der Waals surface area contributed by atoms with Gasteiger partial charge in [-0.3, -0.25) is 0 Å². The maximum atomic E-state index is 5.43. The molecule has 1 saturated carbocycles. The Bertz CT molecular complexity index is 365. The molecule has 0 saturated heterocycles. The van der Waals surface area contributed by atoms with Gasteiger partial charge in [0.05, 0.1) is 0 Å². The lowest BCUT2D eigenvalue weighted by molar-refractivity contribution is 0.772. The van der Waals surface area contributed by atoms with Gasteiger partial charge >= 0.3 is 0 Å². The average Bonchev–Trinajstić information content (AvgIpc) is 3.07. The number of rotatable bonds is 5. The summed E-state index contributed by atoms with van der Waals surface area (Å²) in [6, 6.07) is 0.579. The number of nitrogens with two attached hydrogens (primary N) is 1. The van der Waals surface area contributed by atoms with Crippen molar-refractivity contribution in [3.63, 3.8) is 0 Å². The zero-order valence-electron chi connectivity index (χ0n) is 9.83. The van der Waals surface area contributed by atoms with Crippen molar-refractivity contribution in [3.05, 3.63) is 11.9 Å². The van der Waals surface area contributed by atoms with Crippen LogP contribution in [0.1, 0.15) is 32.3 Å². The minimum atomic E-state index is 0.579. The van der Waals surface area contributed by atoms with E-state index >= 15 is 0 Å². The number of hydrogen-bond donors (Lipinski definition) is 3. The minimum absolute atomic E-state index is 0.579. The highest BCUT2D eigenvalue weighted by Gasteiger charge is 2.35. The normalized spacial score (nSPS) is 22.9. The summed E-state index contributed by atoms with van der Waals surface area (Å²) in [5.74, 6) is 7.87. The molecule has 0 spiro atoms. The van der Waals surface area contributed by atoms with Crippen LogP contribution in [0.15, 0.2) is 6.33 Å². The number of anilines is 2. The van der Waals surface area contributed by atoms with E-state index in [0.29, 0.717) is 11.9 Å². The van der Waals surface area contributed by atoms with Crippen LogP contribution in [0.4, 0.5) is 11.6 Å². The highest BCUT2D eigenvalue weighted by molar-refractivity contribution is 5.57. The molecule has 1 aliphatic rings. The molecule has 0 radical (unpaired) electrons. The molecule has 0 aliphatic heterocycles. The topological polar surface area (TPSA) is 75.9 Å². The Morgan fingerprint density at radius 1 is 1.38 bits per heavy atom. The molecule has 16 heavy (non-hydrogen) atoms. The van der Waals surface area contributed by atoms with Crippen molar-refractivity contribution >= 4 is 11.6 Å². The number of nitrogen functional groups attached to an aromatic ring is 1. The molecule has 88 valence electrons. The Balaban J connectivity index is 2.14. The Morgan fingerprint density at radius 3 is 2.69 bits per heavy atom. The fourth-order valence-electron chi connectivity index (χ4n) is 2.05. The van der Waals surface area contributed by atoms with Crippen LogP contribution in [-0.2, 0) is 6.42 Å². The molecule has 1 heterocycles. The van der Waals surface area contributed by atoms with Crippen LogP contribution in [0.5, 0.6) is 0 Å². The molecule has 1 aromatic heterocycles. The Labute approximate surface area is 95.8 Å². The molecule has 0 amide bonds. The molecule has 4 N–H and O–H groups in total. The van der Waals surface area contributed by atoms with Gasteiger partial charge in [-0.2, -0.15) is 0 Å². The first-order chi connectivity index (χ1) is 7.80. The van der Waals surface area contributed by atoms with Gasteiger partial charge in [-0.05, 0) is 18.8 Å². The van der Waals surface area contributed by atoms with Crippen molar-refractivity contribution in [2.24, 2.45) is 11.8 Å². The van der Waals surface area contributed by atoms with Crippen LogP contribution < -0.4 is 16.6 Å². The second-order valence-electron chi connectivity index (χ2n) is 4.20. The summed E-state index contributed by atoms with van der Waals surface area (Å²) >= 11 is 0. The zero-order valence-corrected chi connectivity index (χ0v) is 9.83. The number of nitrogens with one attached hydrogen (secondary N) is 2. The fraction of sp³-hybridized carbons (Fsp3) is 0.636. The van der Waals surface area contributed by atoms with Gasteiger partial charge in [-0.25, -0.2) is 15.8 Å². The number of nitrogens with zero attached hydrogens (tertiary/aromatic N) is 2. The monoisotopic (exact) mass is 221 g/mol. The molecule has 0 aromatic carbocycles. The van der Waals surface area contributed by atoms with E-state index in [1.165, 1.54) is 12.8 Å². The van der Waals surface area contributed by atoms with Crippen molar-refractivity contribution in [1.82, 2.24) is 9.97 Å².